The molecule has 72 valence electrons. The van der Waals surface area contributed by atoms with Crippen LogP contribution in [0.25, 0.3) is 10.1 Å². The van der Waals surface area contributed by atoms with Gasteiger partial charge in [0.15, 0.2) is 0 Å². The van der Waals surface area contributed by atoms with Crippen LogP contribution < -0.4 is 5.46 Å². The standard InChI is InChI=1S/C8H5BBrFO2S/c10-5-3-4-1-2-14-8(4)7(11)6(5)9(12)13/h1-3,12-13H. The molecular weight excluding hydrogens is 270 g/mol. The minimum Gasteiger partial charge on any atom is -0.423 e. The first-order chi connectivity index (χ1) is 6.61. The molecule has 0 spiro atoms. The normalized spacial score (nSPS) is 10.9. The second-order valence-electron chi connectivity index (χ2n) is 2.80. The maximum Gasteiger partial charge on any atom is 0.492 e. The van der Waals surface area contributed by atoms with Crippen LogP contribution in [0.1, 0.15) is 0 Å². The number of hydrogen-bond acceptors (Lipinski definition) is 3. The van der Waals surface area contributed by atoms with Crippen molar-refractivity contribution in [3.63, 3.8) is 0 Å². The summed E-state index contributed by atoms with van der Waals surface area (Å²) in [5.74, 6) is -0.570. The van der Waals surface area contributed by atoms with Gasteiger partial charge in [-0.3, -0.25) is 0 Å². The van der Waals surface area contributed by atoms with Gasteiger partial charge in [0.1, 0.15) is 5.82 Å². The second kappa shape index (κ2) is 3.62. The lowest BCUT2D eigenvalue weighted by Crippen LogP contribution is -2.33. The molecule has 0 saturated carbocycles. The zero-order valence-electron chi connectivity index (χ0n) is 6.87. The van der Waals surface area contributed by atoms with Crippen molar-refractivity contribution in [1.29, 1.82) is 0 Å². The lowest BCUT2D eigenvalue weighted by molar-refractivity contribution is 0.423. The summed E-state index contributed by atoms with van der Waals surface area (Å²) in [6.45, 7) is 0. The highest BCUT2D eigenvalue weighted by atomic mass is 79.9. The number of halogens is 2. The van der Waals surface area contributed by atoms with Crippen molar-refractivity contribution >= 4 is 49.9 Å². The summed E-state index contributed by atoms with van der Waals surface area (Å²) < 4.78 is 14.5. The zero-order chi connectivity index (χ0) is 10.3. The van der Waals surface area contributed by atoms with Gasteiger partial charge in [0, 0.05) is 9.94 Å². The van der Waals surface area contributed by atoms with E-state index in [0.29, 0.717) is 9.17 Å². The van der Waals surface area contributed by atoms with Gasteiger partial charge < -0.3 is 10.0 Å². The minimum absolute atomic E-state index is 0.111. The van der Waals surface area contributed by atoms with Crippen LogP contribution in [0, 0.1) is 5.82 Å². The van der Waals surface area contributed by atoms with Crippen LogP contribution in [0.2, 0.25) is 0 Å². The predicted octanol–water partition coefficient (Wildman–Crippen LogP) is 1.48. The first-order valence-electron chi connectivity index (χ1n) is 3.82. The van der Waals surface area contributed by atoms with Gasteiger partial charge in [0.2, 0.25) is 0 Å². The number of rotatable bonds is 1. The van der Waals surface area contributed by atoms with Crippen molar-refractivity contribution in [2.45, 2.75) is 0 Å². The monoisotopic (exact) mass is 274 g/mol. The maximum absolute atomic E-state index is 13.7. The third-order valence-electron chi connectivity index (χ3n) is 1.93. The Morgan fingerprint density at radius 3 is 2.79 bits per heavy atom. The fourth-order valence-corrected chi connectivity index (χ4v) is 2.74. The third-order valence-corrected chi connectivity index (χ3v) is 3.51. The molecule has 0 saturated heterocycles. The Bertz CT molecular complexity index is 485. The number of hydrogen-bond donors (Lipinski definition) is 2. The molecule has 0 unspecified atom stereocenters. The van der Waals surface area contributed by atoms with Crippen molar-refractivity contribution in [3.8, 4) is 0 Å². The molecule has 2 N–H and O–H groups in total. The van der Waals surface area contributed by atoms with Gasteiger partial charge in [-0.1, -0.05) is 15.9 Å². The Kier molecular flexibility index (Phi) is 2.61. The van der Waals surface area contributed by atoms with Gasteiger partial charge in [-0.25, -0.2) is 4.39 Å². The quantitative estimate of drug-likeness (QED) is 0.774. The van der Waals surface area contributed by atoms with Gasteiger partial charge in [-0.2, -0.15) is 0 Å². The summed E-state index contributed by atoms with van der Waals surface area (Å²) in [6, 6.07) is 3.45. The molecule has 1 heterocycles. The highest BCUT2D eigenvalue weighted by Crippen LogP contribution is 2.26. The molecule has 0 amide bonds. The number of benzene rings is 1. The SMILES string of the molecule is OB(O)c1c(Br)cc2ccsc2c1F. The molecule has 1 aromatic heterocycles. The molecule has 1 aromatic carbocycles. The van der Waals surface area contributed by atoms with E-state index in [0.717, 1.165) is 5.39 Å². The third kappa shape index (κ3) is 1.48. The summed E-state index contributed by atoms with van der Waals surface area (Å²) in [5, 5.41) is 20.5. The molecule has 0 radical (unpaired) electrons. The van der Waals surface area contributed by atoms with Crippen LogP contribution in [-0.4, -0.2) is 17.2 Å². The summed E-state index contributed by atoms with van der Waals surface area (Å²) >= 11 is 4.33. The average molecular weight is 275 g/mol. The van der Waals surface area contributed by atoms with E-state index in [1.54, 1.807) is 17.5 Å². The molecule has 2 nitrogen and oxygen atoms in total. The molecule has 0 atom stereocenters. The topological polar surface area (TPSA) is 40.5 Å². The van der Waals surface area contributed by atoms with Crippen molar-refractivity contribution in [3.05, 3.63) is 27.8 Å². The van der Waals surface area contributed by atoms with E-state index in [1.807, 2.05) is 0 Å². The van der Waals surface area contributed by atoms with Crippen LogP contribution in [0.15, 0.2) is 22.0 Å². The lowest BCUT2D eigenvalue weighted by Gasteiger charge is -2.05. The van der Waals surface area contributed by atoms with Gasteiger partial charge in [0.25, 0.3) is 0 Å². The fourth-order valence-electron chi connectivity index (χ4n) is 1.29. The zero-order valence-corrected chi connectivity index (χ0v) is 9.27. The van der Waals surface area contributed by atoms with E-state index in [1.165, 1.54) is 11.3 Å². The summed E-state index contributed by atoms with van der Waals surface area (Å²) in [5.41, 5.74) is -0.111. The minimum atomic E-state index is -1.80. The molecule has 6 heteroatoms. The van der Waals surface area contributed by atoms with E-state index in [9.17, 15) is 4.39 Å². The number of fused-ring (bicyclic) bond motifs is 1. The Labute approximate surface area is 92.3 Å². The average Bonchev–Trinajstić information content (AvgIpc) is 2.50. The fraction of sp³-hybridized carbons (Fsp3) is 0. The Balaban J connectivity index is 2.82. The van der Waals surface area contributed by atoms with Crippen LogP contribution in [-0.2, 0) is 0 Å². The van der Waals surface area contributed by atoms with Crippen LogP contribution in [0.3, 0.4) is 0 Å². The van der Waals surface area contributed by atoms with E-state index in [2.05, 4.69) is 15.9 Å². The molecule has 0 aliphatic carbocycles. The lowest BCUT2D eigenvalue weighted by atomic mass is 9.79. The summed E-state index contributed by atoms with van der Waals surface area (Å²) in [6.07, 6.45) is 0. The Morgan fingerprint density at radius 1 is 1.43 bits per heavy atom. The van der Waals surface area contributed by atoms with Crippen LogP contribution in [0.4, 0.5) is 4.39 Å². The van der Waals surface area contributed by atoms with Crippen molar-refractivity contribution in [1.82, 2.24) is 0 Å². The molecule has 2 rings (SSSR count). The first kappa shape index (κ1) is 10.1. The van der Waals surface area contributed by atoms with Gasteiger partial charge in [-0.05, 0) is 22.9 Å². The molecule has 0 aliphatic rings. The van der Waals surface area contributed by atoms with Gasteiger partial charge >= 0.3 is 7.12 Å². The molecule has 2 aromatic rings. The molecule has 0 aliphatic heterocycles. The van der Waals surface area contributed by atoms with Crippen LogP contribution >= 0.6 is 27.3 Å². The summed E-state index contributed by atoms with van der Waals surface area (Å²) in [7, 11) is -1.80. The van der Waals surface area contributed by atoms with Crippen LogP contribution in [0.5, 0.6) is 0 Å². The second-order valence-corrected chi connectivity index (χ2v) is 4.57. The smallest absolute Gasteiger partial charge is 0.423 e. The van der Waals surface area contributed by atoms with Gasteiger partial charge in [0.05, 0.1) is 4.70 Å². The largest absolute Gasteiger partial charge is 0.492 e. The molecule has 0 fully saturated rings. The van der Waals surface area contributed by atoms with E-state index in [4.69, 9.17) is 10.0 Å². The molecule has 14 heavy (non-hydrogen) atoms. The molecule has 0 bridgehead atoms. The Hall–Kier alpha value is -0.425. The first-order valence-corrected chi connectivity index (χ1v) is 5.49. The predicted molar refractivity (Wildman–Crippen MR) is 59.3 cm³/mol. The highest BCUT2D eigenvalue weighted by molar-refractivity contribution is 9.10. The Morgan fingerprint density at radius 2 is 2.14 bits per heavy atom. The van der Waals surface area contributed by atoms with Crippen molar-refractivity contribution in [2.75, 3.05) is 0 Å². The van der Waals surface area contributed by atoms with Crippen molar-refractivity contribution in [2.24, 2.45) is 0 Å². The summed E-state index contributed by atoms with van der Waals surface area (Å²) in [4.78, 5) is 0. The van der Waals surface area contributed by atoms with Gasteiger partial charge in [-0.15, -0.1) is 11.3 Å². The van der Waals surface area contributed by atoms with E-state index >= 15 is 0 Å². The van der Waals surface area contributed by atoms with E-state index < -0.39 is 12.9 Å². The van der Waals surface area contributed by atoms with E-state index in [-0.39, 0.29) is 5.46 Å². The highest BCUT2D eigenvalue weighted by Gasteiger charge is 2.22. The van der Waals surface area contributed by atoms with Crippen molar-refractivity contribution < 1.29 is 14.4 Å². The molecular formula is C8H5BBrFO2S. The number of thiophene rings is 1. The maximum atomic E-state index is 13.7.